The van der Waals surface area contributed by atoms with Crippen molar-refractivity contribution in [3.05, 3.63) is 77.4 Å². The molecule has 1 aliphatic rings. The summed E-state index contributed by atoms with van der Waals surface area (Å²) in [5.41, 5.74) is 2.98. The molecular formula is C24H23NO4. The van der Waals surface area contributed by atoms with Gasteiger partial charge in [-0.3, -0.25) is 9.59 Å². The molecule has 1 amide bonds. The van der Waals surface area contributed by atoms with Crippen molar-refractivity contribution in [2.24, 2.45) is 5.92 Å². The van der Waals surface area contributed by atoms with Gasteiger partial charge < -0.3 is 15.2 Å². The number of hydrogen-bond acceptors (Lipinski definition) is 3. The highest BCUT2D eigenvalue weighted by Gasteiger charge is 2.20. The molecule has 2 N–H and O–H groups in total. The Kier molecular flexibility index (Phi) is 5.47. The van der Waals surface area contributed by atoms with E-state index in [2.05, 4.69) is 5.32 Å². The van der Waals surface area contributed by atoms with Crippen molar-refractivity contribution in [3.8, 4) is 5.75 Å². The van der Waals surface area contributed by atoms with Crippen molar-refractivity contribution in [1.29, 1.82) is 0 Å². The van der Waals surface area contributed by atoms with E-state index in [1.807, 2.05) is 60.7 Å². The summed E-state index contributed by atoms with van der Waals surface area (Å²) in [5, 5.41) is 14.6. The normalized spacial score (nSPS) is 13.5. The minimum Gasteiger partial charge on any atom is -0.493 e. The van der Waals surface area contributed by atoms with Crippen LogP contribution in [0.5, 0.6) is 5.75 Å². The van der Waals surface area contributed by atoms with Gasteiger partial charge in [0, 0.05) is 13.0 Å². The van der Waals surface area contributed by atoms with Crippen LogP contribution in [0.4, 0.5) is 0 Å². The maximum absolute atomic E-state index is 12.3. The Balaban J connectivity index is 1.36. The van der Waals surface area contributed by atoms with Crippen LogP contribution in [0, 0.1) is 5.92 Å². The Labute approximate surface area is 169 Å². The van der Waals surface area contributed by atoms with Crippen LogP contribution >= 0.6 is 0 Å². The van der Waals surface area contributed by atoms with Gasteiger partial charge in [-0.15, -0.1) is 0 Å². The number of fused-ring (bicyclic) bond motifs is 2. The standard InChI is InChI=1S/C24H23NO4/c26-23(14-17-6-8-22-20(12-17)9-10-29-22)25-15-21(24(27)28)13-16-5-7-18-3-1-2-4-19(18)11-16/h1-8,11-12,21H,9-10,13-15H2,(H,25,26)(H,27,28). The van der Waals surface area contributed by atoms with Crippen LogP contribution in [-0.2, 0) is 28.9 Å². The van der Waals surface area contributed by atoms with E-state index >= 15 is 0 Å². The monoisotopic (exact) mass is 389 g/mol. The molecule has 3 aromatic rings. The van der Waals surface area contributed by atoms with Crippen LogP contribution in [0.3, 0.4) is 0 Å². The maximum Gasteiger partial charge on any atom is 0.308 e. The van der Waals surface area contributed by atoms with E-state index in [1.54, 1.807) is 0 Å². The lowest BCUT2D eigenvalue weighted by molar-refractivity contribution is -0.141. The van der Waals surface area contributed by atoms with E-state index in [4.69, 9.17) is 4.74 Å². The Bertz CT molecular complexity index is 1060. The van der Waals surface area contributed by atoms with Gasteiger partial charge in [-0.25, -0.2) is 0 Å². The summed E-state index contributed by atoms with van der Waals surface area (Å²) in [5.74, 6) is -0.870. The van der Waals surface area contributed by atoms with Crippen molar-refractivity contribution in [1.82, 2.24) is 5.32 Å². The Morgan fingerprint density at radius 1 is 1.00 bits per heavy atom. The largest absolute Gasteiger partial charge is 0.493 e. The first-order chi connectivity index (χ1) is 14.1. The summed E-state index contributed by atoms with van der Waals surface area (Å²) in [6, 6.07) is 19.7. The summed E-state index contributed by atoms with van der Waals surface area (Å²) in [6.45, 7) is 0.787. The number of carboxylic acids is 1. The molecule has 5 heteroatoms. The van der Waals surface area contributed by atoms with Crippen LogP contribution in [0.2, 0.25) is 0 Å². The molecule has 1 atom stereocenters. The van der Waals surface area contributed by atoms with Gasteiger partial charge in [0.2, 0.25) is 5.91 Å². The highest BCUT2D eigenvalue weighted by Crippen LogP contribution is 2.26. The summed E-state index contributed by atoms with van der Waals surface area (Å²) in [7, 11) is 0. The molecule has 0 saturated carbocycles. The molecule has 1 heterocycles. The van der Waals surface area contributed by atoms with Crippen LogP contribution in [0.25, 0.3) is 10.8 Å². The molecule has 29 heavy (non-hydrogen) atoms. The fourth-order valence-corrected chi connectivity index (χ4v) is 3.73. The number of benzene rings is 3. The number of aliphatic carboxylic acids is 1. The summed E-state index contributed by atoms with van der Waals surface area (Å²) in [6.07, 6.45) is 1.46. The first kappa shape index (κ1) is 19.0. The molecule has 0 aromatic heterocycles. The molecule has 1 unspecified atom stereocenters. The fraction of sp³-hybridized carbons (Fsp3) is 0.250. The highest BCUT2D eigenvalue weighted by molar-refractivity contribution is 5.83. The average molecular weight is 389 g/mol. The SMILES string of the molecule is O=C(Cc1ccc2c(c1)CCO2)NCC(Cc1ccc2ccccc2c1)C(=O)O. The van der Waals surface area contributed by atoms with E-state index in [0.29, 0.717) is 13.0 Å². The lowest BCUT2D eigenvalue weighted by Gasteiger charge is -2.14. The number of ether oxygens (including phenoxy) is 1. The van der Waals surface area contributed by atoms with Crippen molar-refractivity contribution < 1.29 is 19.4 Å². The highest BCUT2D eigenvalue weighted by atomic mass is 16.5. The molecule has 0 aliphatic carbocycles. The molecule has 0 spiro atoms. The third-order valence-corrected chi connectivity index (χ3v) is 5.31. The van der Waals surface area contributed by atoms with Gasteiger partial charge in [0.25, 0.3) is 0 Å². The van der Waals surface area contributed by atoms with Crippen LogP contribution in [0.1, 0.15) is 16.7 Å². The molecule has 0 fully saturated rings. The van der Waals surface area contributed by atoms with Gasteiger partial charge in [-0.1, -0.05) is 54.6 Å². The van der Waals surface area contributed by atoms with E-state index < -0.39 is 11.9 Å². The minimum atomic E-state index is -0.909. The van der Waals surface area contributed by atoms with Crippen LogP contribution in [-0.4, -0.2) is 30.1 Å². The lowest BCUT2D eigenvalue weighted by atomic mass is 9.97. The zero-order chi connectivity index (χ0) is 20.2. The Hall–Kier alpha value is -3.34. The smallest absolute Gasteiger partial charge is 0.308 e. The lowest BCUT2D eigenvalue weighted by Crippen LogP contribution is -2.34. The second-order valence-corrected chi connectivity index (χ2v) is 7.44. The van der Waals surface area contributed by atoms with Gasteiger partial charge in [0.15, 0.2) is 0 Å². The quantitative estimate of drug-likeness (QED) is 0.650. The molecule has 3 aromatic carbocycles. The van der Waals surface area contributed by atoms with Gasteiger partial charge in [-0.2, -0.15) is 0 Å². The van der Waals surface area contributed by atoms with Gasteiger partial charge in [-0.05, 0) is 39.9 Å². The topological polar surface area (TPSA) is 75.6 Å². The third-order valence-electron chi connectivity index (χ3n) is 5.31. The van der Waals surface area contributed by atoms with Crippen molar-refractivity contribution in [3.63, 3.8) is 0 Å². The van der Waals surface area contributed by atoms with Gasteiger partial charge in [0.05, 0.1) is 18.9 Å². The maximum atomic E-state index is 12.3. The van der Waals surface area contributed by atoms with Crippen molar-refractivity contribution in [2.45, 2.75) is 19.3 Å². The Morgan fingerprint density at radius 2 is 1.79 bits per heavy atom. The number of nitrogens with one attached hydrogen (secondary N) is 1. The van der Waals surface area contributed by atoms with E-state index in [1.165, 1.54) is 0 Å². The second-order valence-electron chi connectivity index (χ2n) is 7.44. The van der Waals surface area contributed by atoms with E-state index in [0.717, 1.165) is 39.6 Å². The second kappa shape index (κ2) is 8.35. The molecule has 4 rings (SSSR count). The van der Waals surface area contributed by atoms with E-state index in [-0.39, 0.29) is 18.9 Å². The number of carboxylic acid groups (broad SMARTS) is 1. The molecular weight excluding hydrogens is 366 g/mol. The summed E-state index contributed by atoms with van der Waals surface area (Å²) in [4.78, 5) is 24.0. The molecule has 5 nitrogen and oxygen atoms in total. The molecule has 0 radical (unpaired) electrons. The predicted octanol–water partition coefficient (Wildman–Crippen LogP) is 3.38. The Morgan fingerprint density at radius 3 is 2.62 bits per heavy atom. The third kappa shape index (κ3) is 4.57. The number of carbonyl (C=O) groups is 2. The van der Waals surface area contributed by atoms with Gasteiger partial charge in [0.1, 0.15) is 5.75 Å². The molecule has 0 bridgehead atoms. The van der Waals surface area contributed by atoms with E-state index in [9.17, 15) is 14.7 Å². The first-order valence-electron chi connectivity index (χ1n) is 9.80. The summed E-state index contributed by atoms with van der Waals surface area (Å²) < 4.78 is 5.48. The molecule has 0 saturated heterocycles. The zero-order valence-electron chi connectivity index (χ0n) is 16.1. The van der Waals surface area contributed by atoms with Crippen molar-refractivity contribution >= 4 is 22.6 Å². The number of rotatable bonds is 7. The predicted molar refractivity (Wildman–Crippen MR) is 111 cm³/mol. The minimum absolute atomic E-state index is 0.106. The molecule has 148 valence electrons. The van der Waals surface area contributed by atoms with Crippen LogP contribution < -0.4 is 10.1 Å². The number of carbonyl (C=O) groups excluding carboxylic acids is 1. The van der Waals surface area contributed by atoms with Crippen molar-refractivity contribution in [2.75, 3.05) is 13.2 Å². The zero-order valence-corrected chi connectivity index (χ0v) is 16.1. The molecule has 1 aliphatic heterocycles. The average Bonchev–Trinajstić information content (AvgIpc) is 3.18. The van der Waals surface area contributed by atoms with Gasteiger partial charge >= 0.3 is 5.97 Å². The fourth-order valence-electron chi connectivity index (χ4n) is 3.73. The first-order valence-corrected chi connectivity index (χ1v) is 9.80. The summed E-state index contributed by atoms with van der Waals surface area (Å²) >= 11 is 0. The number of amides is 1. The van der Waals surface area contributed by atoms with Crippen LogP contribution in [0.15, 0.2) is 60.7 Å². The number of hydrogen-bond donors (Lipinski definition) is 2.